The summed E-state index contributed by atoms with van der Waals surface area (Å²) < 4.78 is 17.7. The van der Waals surface area contributed by atoms with Gasteiger partial charge in [-0.05, 0) is 24.7 Å². The summed E-state index contributed by atoms with van der Waals surface area (Å²) in [6.45, 7) is 7.31. The van der Waals surface area contributed by atoms with Gasteiger partial charge in [0.05, 0.1) is 13.2 Å². The summed E-state index contributed by atoms with van der Waals surface area (Å²) >= 11 is 0. The predicted octanol–water partition coefficient (Wildman–Crippen LogP) is 2.94. The van der Waals surface area contributed by atoms with Crippen molar-refractivity contribution in [2.45, 2.75) is 57.3 Å². The van der Waals surface area contributed by atoms with Gasteiger partial charge in [0.15, 0.2) is 11.6 Å². The Labute approximate surface area is 153 Å². The second kappa shape index (κ2) is 5.29. The standard InChI is InChI=1S/C21H26O5/c1-3-6-20-12-15(26-18(20)23)16-14(17(20)22)5-4-13-11-21(24-9-10-25-21)8-7-19(13,16)2/h3-4,14-16H,1,5-12H2,2H3. The maximum Gasteiger partial charge on any atom is 0.320 e. The monoisotopic (exact) mass is 358 g/mol. The van der Waals surface area contributed by atoms with Gasteiger partial charge in [0.1, 0.15) is 11.5 Å². The number of ketones is 1. The minimum Gasteiger partial charge on any atom is -0.461 e. The van der Waals surface area contributed by atoms with Gasteiger partial charge in [-0.3, -0.25) is 9.59 Å². The molecule has 26 heavy (non-hydrogen) atoms. The maximum absolute atomic E-state index is 13.4. The first-order valence-electron chi connectivity index (χ1n) is 9.78. The lowest BCUT2D eigenvalue weighted by atomic mass is 9.49. The molecule has 5 atom stereocenters. The highest BCUT2D eigenvalue weighted by Gasteiger charge is 2.68. The Balaban J connectivity index is 1.52. The summed E-state index contributed by atoms with van der Waals surface area (Å²) in [5.41, 5.74) is 0.205. The van der Waals surface area contributed by atoms with Crippen molar-refractivity contribution in [1.82, 2.24) is 0 Å². The quantitative estimate of drug-likeness (QED) is 0.431. The third-order valence-electron chi connectivity index (χ3n) is 7.72. The van der Waals surface area contributed by atoms with Gasteiger partial charge < -0.3 is 14.2 Å². The second-order valence-electron chi connectivity index (χ2n) is 8.89. The number of carbonyl (C=O) groups excluding carboxylic acids is 2. The summed E-state index contributed by atoms with van der Waals surface area (Å²) in [7, 11) is 0. The Morgan fingerprint density at radius 1 is 1.27 bits per heavy atom. The van der Waals surface area contributed by atoms with Crippen LogP contribution in [0.25, 0.3) is 0 Å². The van der Waals surface area contributed by atoms with Gasteiger partial charge in [0.2, 0.25) is 0 Å². The normalized spacial score (nSPS) is 45.7. The van der Waals surface area contributed by atoms with Gasteiger partial charge in [-0.2, -0.15) is 0 Å². The van der Waals surface area contributed by atoms with Gasteiger partial charge >= 0.3 is 5.97 Å². The fourth-order valence-corrected chi connectivity index (χ4v) is 6.41. The van der Waals surface area contributed by atoms with E-state index in [0.29, 0.717) is 32.5 Å². The minimum atomic E-state index is -0.983. The molecule has 4 fully saturated rings. The van der Waals surface area contributed by atoms with Crippen molar-refractivity contribution in [2.75, 3.05) is 13.2 Å². The molecule has 2 heterocycles. The lowest BCUT2D eigenvalue weighted by molar-refractivity contribution is -0.186. The molecule has 0 aromatic carbocycles. The highest BCUT2D eigenvalue weighted by Crippen LogP contribution is 2.63. The van der Waals surface area contributed by atoms with Gasteiger partial charge in [0, 0.05) is 31.1 Å². The highest BCUT2D eigenvalue weighted by molar-refractivity contribution is 6.07. The Morgan fingerprint density at radius 2 is 2.04 bits per heavy atom. The summed E-state index contributed by atoms with van der Waals surface area (Å²) in [5, 5.41) is 0. The fraction of sp³-hybridized carbons (Fsp3) is 0.714. The molecule has 0 N–H and O–H groups in total. The number of Topliss-reactive ketones (excluding diaryl/α,β-unsaturated/α-hetero) is 1. The lowest BCUT2D eigenvalue weighted by Gasteiger charge is -2.54. The molecule has 2 saturated carbocycles. The predicted molar refractivity (Wildman–Crippen MR) is 93.0 cm³/mol. The topological polar surface area (TPSA) is 61.8 Å². The first-order valence-corrected chi connectivity index (χ1v) is 9.78. The van der Waals surface area contributed by atoms with Crippen LogP contribution in [0.5, 0.6) is 0 Å². The molecular weight excluding hydrogens is 332 g/mol. The van der Waals surface area contributed by atoms with Gasteiger partial charge in [0.25, 0.3) is 0 Å². The molecule has 2 aliphatic heterocycles. The molecule has 2 saturated heterocycles. The molecule has 5 aliphatic rings. The van der Waals surface area contributed by atoms with E-state index in [9.17, 15) is 9.59 Å². The van der Waals surface area contributed by atoms with Crippen LogP contribution < -0.4 is 0 Å². The van der Waals surface area contributed by atoms with Crippen molar-refractivity contribution in [3.8, 4) is 0 Å². The Hall–Kier alpha value is -1.46. The lowest BCUT2D eigenvalue weighted by Crippen LogP contribution is -2.56. The third-order valence-corrected chi connectivity index (χ3v) is 7.72. The SMILES string of the molecule is C=CCC12CC(OC1=O)C1C(CC=C3CC4(CCC31C)OCCO4)C2=O. The van der Waals surface area contributed by atoms with Crippen LogP contribution in [0.3, 0.4) is 0 Å². The number of hydrogen-bond acceptors (Lipinski definition) is 5. The van der Waals surface area contributed by atoms with Gasteiger partial charge in [-0.25, -0.2) is 0 Å². The van der Waals surface area contributed by atoms with Crippen molar-refractivity contribution in [2.24, 2.45) is 22.7 Å². The van der Waals surface area contributed by atoms with E-state index in [1.807, 2.05) is 0 Å². The van der Waals surface area contributed by atoms with Crippen molar-refractivity contribution in [1.29, 1.82) is 0 Å². The zero-order valence-corrected chi connectivity index (χ0v) is 15.3. The molecule has 5 unspecified atom stereocenters. The van der Waals surface area contributed by atoms with Gasteiger partial charge in [-0.1, -0.05) is 24.6 Å². The average Bonchev–Trinajstić information content (AvgIpc) is 3.18. The van der Waals surface area contributed by atoms with Crippen LogP contribution >= 0.6 is 0 Å². The molecule has 5 heteroatoms. The summed E-state index contributed by atoms with van der Waals surface area (Å²) in [4.78, 5) is 26.0. The van der Waals surface area contributed by atoms with Crippen LogP contribution in [-0.4, -0.2) is 36.9 Å². The number of carbonyl (C=O) groups is 2. The molecule has 0 amide bonds. The van der Waals surface area contributed by atoms with Crippen LogP contribution in [-0.2, 0) is 23.8 Å². The first-order chi connectivity index (χ1) is 12.4. The van der Waals surface area contributed by atoms with Crippen LogP contribution in [0.15, 0.2) is 24.3 Å². The molecule has 2 bridgehead atoms. The largest absolute Gasteiger partial charge is 0.461 e. The molecule has 0 aromatic rings. The van der Waals surface area contributed by atoms with Crippen LogP contribution in [0.4, 0.5) is 0 Å². The van der Waals surface area contributed by atoms with E-state index < -0.39 is 11.2 Å². The maximum atomic E-state index is 13.4. The summed E-state index contributed by atoms with van der Waals surface area (Å²) in [6, 6.07) is 0. The molecule has 140 valence electrons. The Kier molecular flexibility index (Phi) is 3.40. The Bertz CT molecular complexity index is 718. The van der Waals surface area contributed by atoms with Crippen molar-refractivity contribution >= 4 is 11.8 Å². The number of allylic oxidation sites excluding steroid dienone is 2. The van der Waals surface area contributed by atoms with Crippen LogP contribution in [0.2, 0.25) is 0 Å². The average molecular weight is 358 g/mol. The van der Waals surface area contributed by atoms with Crippen molar-refractivity contribution in [3.05, 3.63) is 24.3 Å². The van der Waals surface area contributed by atoms with Gasteiger partial charge in [-0.15, -0.1) is 6.58 Å². The highest BCUT2D eigenvalue weighted by atomic mass is 16.7. The number of fused-ring (bicyclic) bond motifs is 6. The minimum absolute atomic E-state index is 0.0677. The van der Waals surface area contributed by atoms with E-state index in [1.54, 1.807) is 6.08 Å². The van der Waals surface area contributed by atoms with E-state index in [0.717, 1.165) is 19.3 Å². The number of ether oxygens (including phenoxy) is 3. The Morgan fingerprint density at radius 3 is 2.77 bits per heavy atom. The van der Waals surface area contributed by atoms with E-state index in [4.69, 9.17) is 14.2 Å². The van der Waals surface area contributed by atoms with E-state index in [-0.39, 0.29) is 35.1 Å². The molecule has 0 radical (unpaired) electrons. The molecule has 3 aliphatic carbocycles. The zero-order valence-electron chi connectivity index (χ0n) is 15.3. The molecule has 0 aromatic heterocycles. The van der Waals surface area contributed by atoms with Crippen molar-refractivity contribution in [3.63, 3.8) is 0 Å². The van der Waals surface area contributed by atoms with E-state index in [1.165, 1.54) is 5.57 Å². The number of rotatable bonds is 2. The third kappa shape index (κ3) is 1.93. The molecule has 1 spiro atoms. The number of hydrogen-bond donors (Lipinski definition) is 0. The van der Waals surface area contributed by atoms with Crippen LogP contribution in [0.1, 0.15) is 45.4 Å². The number of esters is 1. The fourth-order valence-electron chi connectivity index (χ4n) is 6.41. The zero-order chi connectivity index (χ0) is 18.2. The summed E-state index contributed by atoms with van der Waals surface area (Å²) in [5.74, 6) is -0.796. The molecule has 5 nitrogen and oxygen atoms in total. The van der Waals surface area contributed by atoms with E-state index in [2.05, 4.69) is 19.6 Å². The van der Waals surface area contributed by atoms with Crippen molar-refractivity contribution < 1.29 is 23.8 Å². The summed E-state index contributed by atoms with van der Waals surface area (Å²) in [6.07, 6.45) is 7.83. The molecule has 5 rings (SSSR count). The molecular formula is C21H26O5. The van der Waals surface area contributed by atoms with E-state index >= 15 is 0 Å². The second-order valence-corrected chi connectivity index (χ2v) is 8.89. The smallest absolute Gasteiger partial charge is 0.320 e. The van der Waals surface area contributed by atoms with Crippen LogP contribution in [0, 0.1) is 22.7 Å². The first kappa shape index (κ1) is 16.7.